The Morgan fingerprint density at radius 1 is 1.07 bits per heavy atom. The van der Waals surface area contributed by atoms with E-state index in [4.69, 9.17) is 0 Å². The van der Waals surface area contributed by atoms with Gasteiger partial charge < -0.3 is 9.80 Å². The quantitative estimate of drug-likeness (QED) is 0.508. The molecule has 9 nitrogen and oxygen atoms in total. The van der Waals surface area contributed by atoms with Gasteiger partial charge in [0.15, 0.2) is 5.13 Å². The van der Waals surface area contributed by atoms with Crippen LogP contribution in [0.5, 0.6) is 0 Å². The fraction of sp³-hybridized carbons (Fsp3) is 0.263. The minimum absolute atomic E-state index is 0.144. The topological polar surface area (TPSA) is 92.9 Å². The standard InChI is InChI=1S/C19H18N8OS/c28-17(12-14-3-5-15(6-4-14)27-13-21-23-24-27)25-8-10-26(11-9-25)19-22-16-2-1-7-20-18(16)29-19/h1-7,13H,8-12H2. The smallest absolute Gasteiger partial charge is 0.227 e. The summed E-state index contributed by atoms with van der Waals surface area (Å²) in [6.45, 7) is 2.96. The Hall–Kier alpha value is -3.40. The van der Waals surface area contributed by atoms with Crippen molar-refractivity contribution in [3.63, 3.8) is 0 Å². The second kappa shape index (κ2) is 7.55. The van der Waals surface area contributed by atoms with E-state index in [1.807, 2.05) is 41.3 Å². The number of anilines is 1. The van der Waals surface area contributed by atoms with Crippen LogP contribution < -0.4 is 4.90 Å². The maximum Gasteiger partial charge on any atom is 0.227 e. The first-order valence-electron chi connectivity index (χ1n) is 9.33. The number of carbonyl (C=O) groups excluding carboxylic acids is 1. The molecule has 0 aliphatic carbocycles. The van der Waals surface area contributed by atoms with Gasteiger partial charge in [0.25, 0.3) is 0 Å². The third-order valence-corrected chi connectivity index (χ3v) is 6.00. The first-order chi connectivity index (χ1) is 14.3. The maximum atomic E-state index is 12.7. The van der Waals surface area contributed by atoms with Gasteiger partial charge in [0.05, 0.1) is 12.1 Å². The summed E-state index contributed by atoms with van der Waals surface area (Å²) in [4.78, 5) is 26.9. The number of hydrogen-bond donors (Lipinski definition) is 0. The van der Waals surface area contributed by atoms with Crippen molar-refractivity contribution in [3.05, 3.63) is 54.5 Å². The average molecular weight is 406 g/mol. The maximum absolute atomic E-state index is 12.7. The van der Waals surface area contributed by atoms with Crippen molar-refractivity contribution in [2.75, 3.05) is 31.1 Å². The summed E-state index contributed by atoms with van der Waals surface area (Å²) < 4.78 is 1.59. The van der Waals surface area contributed by atoms with Gasteiger partial charge in [-0.1, -0.05) is 23.5 Å². The Kier molecular flexibility index (Phi) is 4.60. The lowest BCUT2D eigenvalue weighted by molar-refractivity contribution is -0.130. The van der Waals surface area contributed by atoms with Gasteiger partial charge >= 0.3 is 0 Å². The fourth-order valence-corrected chi connectivity index (χ4v) is 4.33. The number of fused-ring (bicyclic) bond motifs is 1. The predicted octanol–water partition coefficient (Wildman–Crippen LogP) is 1.56. The normalized spacial score (nSPS) is 14.5. The molecule has 0 radical (unpaired) electrons. The molecule has 0 bridgehead atoms. The molecular formula is C19H18N8OS. The van der Waals surface area contributed by atoms with Gasteiger partial charge in [-0.2, -0.15) is 0 Å². The largest absolute Gasteiger partial charge is 0.344 e. The van der Waals surface area contributed by atoms with Crippen LogP contribution in [0.4, 0.5) is 5.13 Å². The zero-order valence-electron chi connectivity index (χ0n) is 15.5. The van der Waals surface area contributed by atoms with E-state index in [1.165, 1.54) is 0 Å². The Morgan fingerprint density at radius 2 is 1.90 bits per heavy atom. The molecule has 1 aliphatic rings. The van der Waals surface area contributed by atoms with Crippen molar-refractivity contribution in [1.29, 1.82) is 0 Å². The van der Waals surface area contributed by atoms with Crippen LogP contribution in [0, 0.1) is 0 Å². The van der Waals surface area contributed by atoms with E-state index in [1.54, 1.807) is 28.5 Å². The third-order valence-electron chi connectivity index (χ3n) is 4.96. The summed E-state index contributed by atoms with van der Waals surface area (Å²) in [6, 6.07) is 11.6. The number of benzene rings is 1. The lowest BCUT2D eigenvalue weighted by atomic mass is 10.1. The first kappa shape index (κ1) is 17.7. The summed E-state index contributed by atoms with van der Waals surface area (Å²) in [6.07, 6.45) is 3.72. The van der Waals surface area contributed by atoms with E-state index < -0.39 is 0 Å². The molecule has 0 N–H and O–H groups in total. The highest BCUT2D eigenvalue weighted by Gasteiger charge is 2.23. The molecule has 10 heteroatoms. The highest BCUT2D eigenvalue weighted by molar-refractivity contribution is 7.21. The second-order valence-corrected chi connectivity index (χ2v) is 7.75. The number of amides is 1. The molecule has 4 aromatic rings. The molecule has 5 rings (SSSR count). The van der Waals surface area contributed by atoms with Crippen LogP contribution in [0.1, 0.15) is 5.56 Å². The molecule has 0 spiro atoms. The van der Waals surface area contributed by atoms with Crippen molar-refractivity contribution in [2.24, 2.45) is 0 Å². The number of tetrazole rings is 1. The summed E-state index contributed by atoms with van der Waals surface area (Å²) >= 11 is 1.60. The number of nitrogens with zero attached hydrogens (tertiary/aromatic N) is 8. The molecule has 29 heavy (non-hydrogen) atoms. The Balaban J connectivity index is 1.19. The Bertz CT molecular complexity index is 1080. The van der Waals surface area contributed by atoms with Gasteiger partial charge in [0, 0.05) is 32.4 Å². The summed E-state index contributed by atoms with van der Waals surface area (Å²) in [5.41, 5.74) is 2.77. The molecule has 1 fully saturated rings. The van der Waals surface area contributed by atoms with Crippen LogP contribution in [0.3, 0.4) is 0 Å². The number of rotatable bonds is 4. The van der Waals surface area contributed by atoms with Gasteiger partial charge in [-0.05, 0) is 40.3 Å². The second-order valence-electron chi connectivity index (χ2n) is 6.79. The van der Waals surface area contributed by atoms with E-state index in [0.29, 0.717) is 19.5 Å². The monoisotopic (exact) mass is 406 g/mol. The molecule has 4 heterocycles. The van der Waals surface area contributed by atoms with E-state index in [9.17, 15) is 4.79 Å². The minimum Gasteiger partial charge on any atom is -0.344 e. The lowest BCUT2D eigenvalue weighted by Crippen LogP contribution is -2.49. The zero-order chi connectivity index (χ0) is 19.6. The zero-order valence-corrected chi connectivity index (χ0v) is 16.4. The van der Waals surface area contributed by atoms with E-state index >= 15 is 0 Å². The molecule has 1 aliphatic heterocycles. The molecule has 0 atom stereocenters. The molecule has 1 saturated heterocycles. The SMILES string of the molecule is O=C(Cc1ccc(-n2cnnn2)cc1)N1CCN(c2nc3cccnc3s2)CC1. The van der Waals surface area contributed by atoms with Crippen molar-refractivity contribution in [2.45, 2.75) is 6.42 Å². The highest BCUT2D eigenvalue weighted by atomic mass is 32.1. The first-order valence-corrected chi connectivity index (χ1v) is 10.1. The van der Waals surface area contributed by atoms with Crippen molar-refractivity contribution in [1.82, 2.24) is 35.1 Å². The average Bonchev–Trinajstić information content (AvgIpc) is 3.44. The molecule has 0 unspecified atom stereocenters. The predicted molar refractivity (Wildman–Crippen MR) is 109 cm³/mol. The Morgan fingerprint density at radius 3 is 2.62 bits per heavy atom. The van der Waals surface area contributed by atoms with Crippen LogP contribution in [-0.4, -0.2) is 67.2 Å². The number of piperazine rings is 1. The molecule has 3 aromatic heterocycles. The number of pyridine rings is 1. The lowest BCUT2D eigenvalue weighted by Gasteiger charge is -2.34. The van der Waals surface area contributed by atoms with Crippen LogP contribution in [-0.2, 0) is 11.2 Å². The fourth-order valence-electron chi connectivity index (χ4n) is 3.37. The van der Waals surface area contributed by atoms with Gasteiger partial charge in [0.2, 0.25) is 5.91 Å². The summed E-state index contributed by atoms with van der Waals surface area (Å²) in [7, 11) is 0. The third kappa shape index (κ3) is 3.66. The van der Waals surface area contributed by atoms with Gasteiger partial charge in [-0.15, -0.1) is 5.10 Å². The van der Waals surface area contributed by atoms with E-state index in [-0.39, 0.29) is 5.91 Å². The number of aromatic nitrogens is 6. The molecule has 1 aromatic carbocycles. The minimum atomic E-state index is 0.144. The van der Waals surface area contributed by atoms with E-state index in [0.717, 1.165) is 39.8 Å². The van der Waals surface area contributed by atoms with Crippen LogP contribution >= 0.6 is 11.3 Å². The number of hydrogen-bond acceptors (Lipinski definition) is 8. The Labute approximate surface area is 170 Å². The summed E-state index contributed by atoms with van der Waals surface area (Å²) in [5.74, 6) is 0.144. The molecule has 1 amide bonds. The van der Waals surface area contributed by atoms with Crippen LogP contribution in [0.2, 0.25) is 0 Å². The highest BCUT2D eigenvalue weighted by Crippen LogP contribution is 2.27. The van der Waals surface area contributed by atoms with Crippen molar-refractivity contribution >= 4 is 32.7 Å². The van der Waals surface area contributed by atoms with Crippen LogP contribution in [0.25, 0.3) is 16.0 Å². The molecular weight excluding hydrogens is 388 g/mol. The number of thiazole rings is 1. The van der Waals surface area contributed by atoms with Crippen LogP contribution in [0.15, 0.2) is 48.9 Å². The van der Waals surface area contributed by atoms with E-state index in [2.05, 4.69) is 30.4 Å². The van der Waals surface area contributed by atoms with Gasteiger partial charge in [-0.25, -0.2) is 14.6 Å². The molecule has 0 saturated carbocycles. The van der Waals surface area contributed by atoms with Gasteiger partial charge in [0.1, 0.15) is 16.7 Å². The van der Waals surface area contributed by atoms with Gasteiger partial charge in [-0.3, -0.25) is 4.79 Å². The summed E-state index contributed by atoms with van der Waals surface area (Å²) in [5, 5.41) is 12.1. The number of carbonyl (C=O) groups is 1. The van der Waals surface area contributed by atoms with Crippen molar-refractivity contribution < 1.29 is 4.79 Å². The van der Waals surface area contributed by atoms with Crippen molar-refractivity contribution in [3.8, 4) is 5.69 Å². The molecule has 146 valence electrons.